The Balaban J connectivity index is 2.22. The molecule has 0 atom stereocenters. The minimum atomic E-state index is -0.501. The summed E-state index contributed by atoms with van der Waals surface area (Å²) < 4.78 is 13.2. The van der Waals surface area contributed by atoms with Crippen molar-refractivity contribution in [3.8, 4) is 0 Å². The zero-order valence-corrected chi connectivity index (χ0v) is 7.74. The first-order valence-corrected chi connectivity index (χ1v) is 4.62. The summed E-state index contributed by atoms with van der Waals surface area (Å²) in [6.07, 6.45) is 0.956. The van der Waals surface area contributed by atoms with Crippen LogP contribution in [0.5, 0.6) is 0 Å². The number of pyridine rings is 1. The van der Waals surface area contributed by atoms with Gasteiger partial charge in [0.1, 0.15) is 6.20 Å². The third-order valence-corrected chi connectivity index (χ3v) is 2.30. The third-order valence-electron chi connectivity index (χ3n) is 2.30. The van der Waals surface area contributed by atoms with Crippen LogP contribution >= 0.6 is 0 Å². The first-order chi connectivity index (χ1) is 6.77. The summed E-state index contributed by atoms with van der Waals surface area (Å²) in [6, 6.07) is 2.83. The highest BCUT2D eigenvalue weighted by molar-refractivity contribution is 5.33. The van der Waals surface area contributed by atoms with Gasteiger partial charge in [0.25, 0.3) is 5.82 Å². The average molecular weight is 197 g/mol. The van der Waals surface area contributed by atoms with Crippen LogP contribution in [0.25, 0.3) is 0 Å². The Morgan fingerprint density at radius 1 is 1.36 bits per heavy atom. The summed E-state index contributed by atoms with van der Waals surface area (Å²) in [6.45, 7) is 3.29. The molecule has 14 heavy (non-hydrogen) atoms. The van der Waals surface area contributed by atoms with E-state index in [9.17, 15) is 9.60 Å². The van der Waals surface area contributed by atoms with E-state index in [4.69, 9.17) is 0 Å². The van der Waals surface area contributed by atoms with E-state index in [1.165, 1.54) is 12.1 Å². The quantitative estimate of drug-likeness (QED) is 0.503. The minimum Gasteiger partial charge on any atom is -0.711 e. The van der Waals surface area contributed by atoms with Gasteiger partial charge in [0.05, 0.1) is 13.1 Å². The monoisotopic (exact) mass is 197 g/mol. The number of hydrogen-bond donors (Lipinski definition) is 1. The molecule has 1 fully saturated rings. The predicted molar refractivity (Wildman–Crippen MR) is 50.4 cm³/mol. The molecule has 2 rings (SSSR count). The molecule has 4 nitrogen and oxygen atoms in total. The Morgan fingerprint density at radius 3 is 2.71 bits per heavy atom. The molecule has 1 aliphatic heterocycles. The van der Waals surface area contributed by atoms with Gasteiger partial charge in [-0.3, -0.25) is 4.90 Å². The fourth-order valence-corrected chi connectivity index (χ4v) is 1.59. The van der Waals surface area contributed by atoms with Crippen LogP contribution in [0.4, 0.5) is 10.2 Å². The molecule has 5 heteroatoms. The van der Waals surface area contributed by atoms with E-state index < -0.39 is 5.82 Å². The maximum Gasteiger partial charge on any atom is 0.279 e. The fourth-order valence-electron chi connectivity index (χ4n) is 1.59. The van der Waals surface area contributed by atoms with Crippen LogP contribution < -0.4 is 14.9 Å². The molecule has 0 saturated carbocycles. The average Bonchev–Trinajstić information content (AvgIpc) is 2.19. The van der Waals surface area contributed by atoms with Crippen molar-refractivity contribution in [3.05, 3.63) is 29.4 Å². The predicted octanol–water partition coefficient (Wildman–Crippen LogP) is -0.131. The molecule has 76 valence electrons. The fraction of sp³-hybridized carbons (Fsp3) is 0.444. The van der Waals surface area contributed by atoms with Gasteiger partial charge in [-0.25, -0.2) is 9.12 Å². The Kier molecular flexibility index (Phi) is 2.49. The van der Waals surface area contributed by atoms with E-state index in [1.54, 1.807) is 0 Å². The van der Waals surface area contributed by atoms with Gasteiger partial charge in [-0.2, -0.15) is 0 Å². The number of hydrogen-bond acceptors (Lipinski definition) is 3. The van der Waals surface area contributed by atoms with Gasteiger partial charge in [0.15, 0.2) is 5.82 Å². The van der Waals surface area contributed by atoms with E-state index in [0.29, 0.717) is 10.5 Å². The standard InChI is InChI=1S/C9H12FN3O/c10-8-1-2-9(13(14)7-8)12-5-3-11-4-6-12/h1-2,7,11H,3-6H2. The van der Waals surface area contributed by atoms with Crippen LogP contribution in [0.1, 0.15) is 0 Å². The smallest absolute Gasteiger partial charge is 0.279 e. The molecule has 0 aliphatic carbocycles. The van der Waals surface area contributed by atoms with Gasteiger partial charge in [0, 0.05) is 19.2 Å². The van der Waals surface area contributed by atoms with Crippen LogP contribution in [0, 0.1) is 11.0 Å². The summed E-state index contributed by atoms with van der Waals surface area (Å²) in [5.74, 6) is 0.0202. The molecule has 0 amide bonds. The highest BCUT2D eigenvalue weighted by Gasteiger charge is 2.19. The lowest BCUT2D eigenvalue weighted by Crippen LogP contribution is -2.48. The van der Waals surface area contributed by atoms with Gasteiger partial charge in [0.2, 0.25) is 0 Å². The van der Waals surface area contributed by atoms with Crippen LogP contribution in [-0.4, -0.2) is 26.2 Å². The number of anilines is 1. The number of rotatable bonds is 1. The summed E-state index contributed by atoms with van der Waals surface area (Å²) >= 11 is 0. The molecule has 1 aliphatic rings. The molecular weight excluding hydrogens is 185 g/mol. The van der Waals surface area contributed by atoms with E-state index >= 15 is 0 Å². The topological polar surface area (TPSA) is 42.2 Å². The molecule has 0 unspecified atom stereocenters. The molecule has 0 spiro atoms. The van der Waals surface area contributed by atoms with Gasteiger partial charge in [-0.15, -0.1) is 0 Å². The third kappa shape index (κ3) is 1.77. The van der Waals surface area contributed by atoms with Crippen molar-refractivity contribution in [2.75, 3.05) is 31.1 Å². The maximum absolute atomic E-state index is 12.7. The molecule has 1 saturated heterocycles. The number of piperazine rings is 1. The van der Waals surface area contributed by atoms with Gasteiger partial charge in [-0.1, -0.05) is 0 Å². The second kappa shape index (κ2) is 3.79. The number of nitrogens with zero attached hydrogens (tertiary/aromatic N) is 2. The van der Waals surface area contributed by atoms with Crippen molar-refractivity contribution in [3.63, 3.8) is 0 Å². The van der Waals surface area contributed by atoms with Crippen LogP contribution in [-0.2, 0) is 0 Å². The highest BCUT2D eigenvalue weighted by Crippen LogP contribution is 2.08. The van der Waals surface area contributed by atoms with Crippen molar-refractivity contribution in [2.24, 2.45) is 0 Å². The Morgan fingerprint density at radius 2 is 2.07 bits per heavy atom. The number of aromatic nitrogens is 1. The summed E-state index contributed by atoms with van der Waals surface area (Å²) in [7, 11) is 0. The van der Waals surface area contributed by atoms with Gasteiger partial charge < -0.3 is 10.5 Å². The maximum atomic E-state index is 12.7. The van der Waals surface area contributed by atoms with Crippen molar-refractivity contribution < 1.29 is 9.12 Å². The van der Waals surface area contributed by atoms with E-state index in [-0.39, 0.29) is 0 Å². The zero-order valence-electron chi connectivity index (χ0n) is 7.74. The Hall–Kier alpha value is -1.36. The van der Waals surface area contributed by atoms with Gasteiger partial charge in [-0.05, 0) is 6.07 Å². The molecule has 1 aromatic rings. The SMILES string of the molecule is [O-][n+]1cc(F)ccc1N1CCNCC1. The van der Waals surface area contributed by atoms with Crippen LogP contribution in [0.15, 0.2) is 18.3 Å². The second-order valence-electron chi connectivity index (χ2n) is 3.27. The number of nitrogens with one attached hydrogen (secondary N) is 1. The lowest BCUT2D eigenvalue weighted by atomic mass is 10.3. The minimum absolute atomic E-state index is 0.501. The first-order valence-electron chi connectivity index (χ1n) is 4.62. The molecule has 1 N–H and O–H groups in total. The lowest BCUT2D eigenvalue weighted by molar-refractivity contribution is -0.594. The molecule has 0 radical (unpaired) electrons. The Labute approximate surface area is 81.5 Å². The van der Waals surface area contributed by atoms with Crippen LogP contribution in [0.3, 0.4) is 0 Å². The molecular formula is C9H12FN3O. The summed E-state index contributed by atoms with van der Waals surface area (Å²) in [5, 5.41) is 14.5. The summed E-state index contributed by atoms with van der Waals surface area (Å²) in [5.41, 5.74) is 0. The lowest BCUT2D eigenvalue weighted by Gasteiger charge is -2.24. The highest BCUT2D eigenvalue weighted by atomic mass is 19.1. The molecule has 0 aromatic carbocycles. The largest absolute Gasteiger partial charge is 0.711 e. The van der Waals surface area contributed by atoms with Crippen molar-refractivity contribution in [2.45, 2.75) is 0 Å². The Bertz CT molecular complexity index is 326. The summed E-state index contributed by atoms with van der Waals surface area (Å²) in [4.78, 5) is 1.95. The number of halogens is 1. The van der Waals surface area contributed by atoms with Crippen molar-refractivity contribution in [1.29, 1.82) is 0 Å². The first kappa shape index (κ1) is 9.21. The molecule has 0 bridgehead atoms. The molecule has 2 heterocycles. The van der Waals surface area contributed by atoms with E-state index in [2.05, 4.69) is 5.32 Å². The van der Waals surface area contributed by atoms with E-state index in [0.717, 1.165) is 32.4 Å². The normalized spacial score (nSPS) is 17.1. The van der Waals surface area contributed by atoms with Crippen molar-refractivity contribution in [1.82, 2.24) is 5.32 Å². The van der Waals surface area contributed by atoms with Gasteiger partial charge >= 0.3 is 0 Å². The molecule has 1 aromatic heterocycles. The van der Waals surface area contributed by atoms with E-state index in [1.807, 2.05) is 4.90 Å². The zero-order chi connectivity index (χ0) is 9.97. The van der Waals surface area contributed by atoms with Crippen molar-refractivity contribution >= 4 is 5.82 Å². The second-order valence-corrected chi connectivity index (χ2v) is 3.27. The van der Waals surface area contributed by atoms with Crippen LogP contribution in [0.2, 0.25) is 0 Å².